The van der Waals surface area contributed by atoms with Gasteiger partial charge in [0.15, 0.2) is 11.5 Å². The van der Waals surface area contributed by atoms with E-state index in [9.17, 15) is 0 Å². The molecule has 22 heavy (non-hydrogen) atoms. The van der Waals surface area contributed by atoms with Crippen LogP contribution in [0.2, 0.25) is 5.02 Å². The van der Waals surface area contributed by atoms with Gasteiger partial charge in [-0.2, -0.15) is 0 Å². The minimum Gasteiger partial charge on any atom is -0.493 e. The summed E-state index contributed by atoms with van der Waals surface area (Å²) in [5.41, 5.74) is 3.07. The van der Waals surface area contributed by atoms with E-state index in [4.69, 9.17) is 21.1 Å². The first-order valence-corrected chi connectivity index (χ1v) is 7.69. The van der Waals surface area contributed by atoms with Crippen LogP contribution in [-0.4, -0.2) is 19.9 Å². The van der Waals surface area contributed by atoms with Gasteiger partial charge < -0.3 is 9.47 Å². The quantitative estimate of drug-likeness (QED) is 0.697. The molecule has 0 amide bonds. The molecule has 3 nitrogen and oxygen atoms in total. The molecule has 0 fully saturated rings. The van der Waals surface area contributed by atoms with Gasteiger partial charge in [0.25, 0.3) is 0 Å². The Morgan fingerprint density at radius 1 is 1.14 bits per heavy atom. The number of aryl methyl sites for hydroxylation is 1. The van der Waals surface area contributed by atoms with Crippen molar-refractivity contribution in [1.29, 1.82) is 0 Å². The number of rotatable bonds is 6. The predicted octanol–water partition coefficient (Wildman–Crippen LogP) is 5.06. The molecule has 2 aromatic rings. The second-order valence-electron chi connectivity index (χ2n) is 4.75. The first-order chi connectivity index (χ1) is 10.7. The first kappa shape index (κ1) is 16.4. The van der Waals surface area contributed by atoms with E-state index in [1.165, 1.54) is 5.56 Å². The fourth-order valence-electron chi connectivity index (χ4n) is 2.07. The van der Waals surface area contributed by atoms with Crippen LogP contribution in [0, 0.1) is 0 Å². The third-order valence-corrected chi connectivity index (χ3v) is 3.53. The van der Waals surface area contributed by atoms with Crippen LogP contribution < -0.4 is 9.47 Å². The molecule has 0 unspecified atom stereocenters. The Labute approximate surface area is 136 Å². The Morgan fingerprint density at radius 3 is 2.45 bits per heavy atom. The molecule has 0 aliphatic heterocycles. The van der Waals surface area contributed by atoms with Crippen molar-refractivity contribution in [2.75, 3.05) is 13.7 Å². The van der Waals surface area contributed by atoms with Crippen molar-refractivity contribution < 1.29 is 9.47 Å². The Bertz CT molecular complexity index is 651. The van der Waals surface area contributed by atoms with Gasteiger partial charge in [-0.25, -0.2) is 0 Å². The van der Waals surface area contributed by atoms with Gasteiger partial charge in [0.2, 0.25) is 0 Å². The number of benzene rings is 2. The molecule has 0 aromatic heterocycles. The number of hydrogen-bond donors (Lipinski definition) is 0. The summed E-state index contributed by atoms with van der Waals surface area (Å²) in [7, 11) is 1.60. The molecule has 0 aliphatic rings. The SMILES string of the molecule is CCOc1c(Cl)cc(C=Nc2ccc(CC)cc2)cc1OC. The van der Waals surface area contributed by atoms with Crippen LogP contribution in [0.5, 0.6) is 11.5 Å². The maximum Gasteiger partial charge on any atom is 0.179 e. The Morgan fingerprint density at radius 2 is 1.86 bits per heavy atom. The lowest BCUT2D eigenvalue weighted by Gasteiger charge is -2.11. The van der Waals surface area contributed by atoms with Gasteiger partial charge in [0.1, 0.15) is 0 Å². The average Bonchev–Trinajstić information content (AvgIpc) is 2.55. The van der Waals surface area contributed by atoms with E-state index in [0.29, 0.717) is 23.1 Å². The fraction of sp³-hybridized carbons (Fsp3) is 0.278. The second-order valence-corrected chi connectivity index (χ2v) is 5.15. The van der Waals surface area contributed by atoms with E-state index in [2.05, 4.69) is 24.0 Å². The summed E-state index contributed by atoms with van der Waals surface area (Å²) in [6.45, 7) is 4.57. The molecular weight excluding hydrogens is 298 g/mol. The van der Waals surface area contributed by atoms with E-state index >= 15 is 0 Å². The highest BCUT2D eigenvalue weighted by Gasteiger charge is 2.10. The molecule has 0 N–H and O–H groups in total. The monoisotopic (exact) mass is 317 g/mol. The van der Waals surface area contributed by atoms with Crippen LogP contribution in [0.1, 0.15) is 25.0 Å². The standard InChI is InChI=1S/C18H20ClNO2/c1-4-13-6-8-15(9-7-13)20-12-14-10-16(19)18(22-5-2)17(11-14)21-3/h6-12H,4-5H2,1-3H3. The maximum absolute atomic E-state index is 6.25. The normalized spacial score (nSPS) is 10.9. The summed E-state index contributed by atoms with van der Waals surface area (Å²) in [5.74, 6) is 1.17. The summed E-state index contributed by atoms with van der Waals surface area (Å²) in [4.78, 5) is 4.46. The summed E-state index contributed by atoms with van der Waals surface area (Å²) in [5, 5.41) is 0.518. The number of hydrogen-bond acceptors (Lipinski definition) is 3. The third-order valence-electron chi connectivity index (χ3n) is 3.25. The van der Waals surface area contributed by atoms with Crippen LogP contribution in [0.15, 0.2) is 41.4 Å². The number of methoxy groups -OCH3 is 1. The smallest absolute Gasteiger partial charge is 0.179 e. The van der Waals surface area contributed by atoms with Crippen LogP contribution in [0.3, 0.4) is 0 Å². The lowest BCUT2D eigenvalue weighted by Crippen LogP contribution is -1.97. The molecule has 0 saturated heterocycles. The van der Waals surface area contributed by atoms with Gasteiger partial charge >= 0.3 is 0 Å². The minimum atomic E-state index is 0.518. The molecule has 0 atom stereocenters. The van der Waals surface area contributed by atoms with E-state index in [-0.39, 0.29) is 0 Å². The van der Waals surface area contributed by atoms with Crippen molar-refractivity contribution >= 4 is 23.5 Å². The van der Waals surface area contributed by atoms with Crippen LogP contribution in [0.4, 0.5) is 5.69 Å². The van der Waals surface area contributed by atoms with Gasteiger partial charge in [0, 0.05) is 6.21 Å². The Hall–Kier alpha value is -2.00. The molecule has 0 heterocycles. The van der Waals surface area contributed by atoms with Crippen molar-refractivity contribution in [3.05, 3.63) is 52.5 Å². The van der Waals surface area contributed by atoms with Crippen molar-refractivity contribution in [3.63, 3.8) is 0 Å². The predicted molar refractivity (Wildman–Crippen MR) is 92.2 cm³/mol. The van der Waals surface area contributed by atoms with E-state index in [1.807, 2.05) is 31.2 Å². The maximum atomic E-state index is 6.25. The topological polar surface area (TPSA) is 30.8 Å². The molecule has 116 valence electrons. The van der Waals surface area contributed by atoms with Crippen LogP contribution in [-0.2, 0) is 6.42 Å². The molecule has 4 heteroatoms. The van der Waals surface area contributed by atoms with Gasteiger partial charge in [0.05, 0.1) is 24.4 Å². The molecule has 0 radical (unpaired) electrons. The summed E-state index contributed by atoms with van der Waals surface area (Å²) >= 11 is 6.25. The lowest BCUT2D eigenvalue weighted by molar-refractivity contribution is 0.311. The number of ether oxygens (including phenoxy) is 2. The third kappa shape index (κ3) is 4.01. The highest BCUT2D eigenvalue weighted by Crippen LogP contribution is 2.36. The van der Waals surface area contributed by atoms with Crippen LogP contribution in [0.25, 0.3) is 0 Å². The highest BCUT2D eigenvalue weighted by molar-refractivity contribution is 6.32. The number of nitrogens with zero attached hydrogens (tertiary/aromatic N) is 1. The van der Waals surface area contributed by atoms with Gasteiger partial charge in [-0.15, -0.1) is 0 Å². The largest absolute Gasteiger partial charge is 0.493 e. The molecule has 2 aromatic carbocycles. The molecular formula is C18H20ClNO2. The minimum absolute atomic E-state index is 0.518. The molecule has 0 aliphatic carbocycles. The van der Waals surface area contributed by atoms with Gasteiger partial charge in [-0.1, -0.05) is 30.7 Å². The zero-order chi connectivity index (χ0) is 15.9. The number of halogens is 1. The summed E-state index contributed by atoms with van der Waals surface area (Å²) in [6.07, 6.45) is 2.79. The molecule has 2 rings (SSSR count). The summed E-state index contributed by atoms with van der Waals surface area (Å²) in [6, 6.07) is 11.8. The van der Waals surface area contributed by atoms with Crippen molar-refractivity contribution in [2.24, 2.45) is 4.99 Å². The van der Waals surface area contributed by atoms with E-state index < -0.39 is 0 Å². The first-order valence-electron chi connectivity index (χ1n) is 7.31. The van der Waals surface area contributed by atoms with Crippen molar-refractivity contribution in [3.8, 4) is 11.5 Å². The highest BCUT2D eigenvalue weighted by atomic mass is 35.5. The van der Waals surface area contributed by atoms with Crippen LogP contribution >= 0.6 is 11.6 Å². The second kappa shape index (κ2) is 7.85. The zero-order valence-corrected chi connectivity index (χ0v) is 13.9. The summed E-state index contributed by atoms with van der Waals surface area (Å²) < 4.78 is 10.8. The molecule has 0 spiro atoms. The number of aliphatic imine (C=N–C) groups is 1. The van der Waals surface area contributed by atoms with Gasteiger partial charge in [-0.3, -0.25) is 4.99 Å². The Kier molecular flexibility index (Phi) is 5.84. The molecule has 0 saturated carbocycles. The van der Waals surface area contributed by atoms with Crippen molar-refractivity contribution in [1.82, 2.24) is 0 Å². The molecule has 0 bridgehead atoms. The van der Waals surface area contributed by atoms with Crippen molar-refractivity contribution in [2.45, 2.75) is 20.3 Å². The van der Waals surface area contributed by atoms with Gasteiger partial charge in [-0.05, 0) is 48.7 Å². The lowest BCUT2D eigenvalue weighted by atomic mass is 10.1. The average molecular weight is 318 g/mol. The van der Waals surface area contributed by atoms with E-state index in [1.54, 1.807) is 13.3 Å². The van der Waals surface area contributed by atoms with E-state index in [0.717, 1.165) is 17.7 Å². The Balaban J connectivity index is 2.24. The zero-order valence-electron chi connectivity index (χ0n) is 13.1. The fourth-order valence-corrected chi connectivity index (χ4v) is 2.34.